The average molecular weight is 256 g/mol. The van der Waals surface area contributed by atoms with Crippen LogP contribution in [0.15, 0.2) is 18.2 Å². The Morgan fingerprint density at radius 1 is 1.41 bits per heavy atom. The zero-order valence-electron chi connectivity index (χ0n) is 9.19. The molecule has 4 nitrogen and oxygen atoms in total. The molecule has 0 saturated heterocycles. The van der Waals surface area contributed by atoms with Crippen molar-refractivity contribution in [3.63, 3.8) is 0 Å². The van der Waals surface area contributed by atoms with Gasteiger partial charge in [0.15, 0.2) is 0 Å². The predicted molar refractivity (Wildman–Crippen MR) is 65.1 cm³/mol. The van der Waals surface area contributed by atoms with Gasteiger partial charge >= 0.3 is 0 Å². The van der Waals surface area contributed by atoms with Crippen LogP contribution in [0.4, 0.5) is 5.69 Å². The van der Waals surface area contributed by atoms with Crippen molar-refractivity contribution in [3.05, 3.63) is 23.2 Å². The lowest BCUT2D eigenvalue weighted by molar-refractivity contribution is -0.122. The first-order valence-corrected chi connectivity index (χ1v) is 5.93. The second kappa shape index (κ2) is 4.94. The second-order valence-corrected chi connectivity index (χ2v) is 4.69. The molecule has 1 saturated carbocycles. The van der Waals surface area contributed by atoms with E-state index in [1.54, 1.807) is 6.07 Å². The molecular formula is C12H14ClNO3. The van der Waals surface area contributed by atoms with Crippen molar-refractivity contribution in [1.29, 1.82) is 0 Å². The predicted octanol–water partition coefficient (Wildman–Crippen LogP) is 2.15. The van der Waals surface area contributed by atoms with E-state index in [4.69, 9.17) is 11.6 Å². The highest BCUT2D eigenvalue weighted by Crippen LogP contribution is 2.30. The largest absolute Gasteiger partial charge is 0.506 e. The molecule has 0 aliphatic heterocycles. The lowest BCUT2D eigenvalue weighted by Crippen LogP contribution is -2.28. The number of nitrogens with one attached hydrogen (secondary N) is 1. The number of hydrogen-bond acceptors (Lipinski definition) is 3. The van der Waals surface area contributed by atoms with Gasteiger partial charge in [0.25, 0.3) is 0 Å². The van der Waals surface area contributed by atoms with Crippen LogP contribution in [0.2, 0.25) is 5.02 Å². The number of carbonyl (C=O) groups excluding carboxylic acids is 1. The summed E-state index contributed by atoms with van der Waals surface area (Å²) in [5, 5.41) is 22.2. The Balaban J connectivity index is 2.07. The molecule has 5 heteroatoms. The van der Waals surface area contributed by atoms with Crippen LogP contribution in [-0.4, -0.2) is 22.2 Å². The number of halogens is 1. The molecule has 1 aliphatic rings. The van der Waals surface area contributed by atoms with Crippen LogP contribution in [0.1, 0.15) is 19.3 Å². The topological polar surface area (TPSA) is 69.6 Å². The van der Waals surface area contributed by atoms with Crippen LogP contribution in [0.5, 0.6) is 5.75 Å². The third-order valence-corrected chi connectivity index (χ3v) is 3.27. The summed E-state index contributed by atoms with van der Waals surface area (Å²) in [5.74, 6) is -0.712. The van der Waals surface area contributed by atoms with E-state index < -0.39 is 6.10 Å². The van der Waals surface area contributed by atoms with E-state index >= 15 is 0 Å². The number of hydrogen-bond donors (Lipinski definition) is 3. The van der Waals surface area contributed by atoms with E-state index in [0.717, 1.165) is 6.42 Å². The Labute approximate surface area is 104 Å². The van der Waals surface area contributed by atoms with Crippen LogP contribution >= 0.6 is 11.6 Å². The smallest absolute Gasteiger partial charge is 0.230 e. The van der Waals surface area contributed by atoms with Crippen LogP contribution in [0.3, 0.4) is 0 Å². The number of aliphatic hydroxyl groups excluding tert-OH is 1. The van der Waals surface area contributed by atoms with Gasteiger partial charge in [-0.05, 0) is 31.4 Å². The van der Waals surface area contributed by atoms with Crippen molar-refractivity contribution in [2.75, 3.05) is 5.32 Å². The number of aromatic hydroxyl groups is 1. The van der Waals surface area contributed by atoms with Crippen molar-refractivity contribution in [1.82, 2.24) is 0 Å². The number of aliphatic hydroxyl groups is 1. The second-order valence-electron chi connectivity index (χ2n) is 4.26. The number of rotatable bonds is 2. The molecule has 0 heterocycles. The van der Waals surface area contributed by atoms with Gasteiger partial charge in [-0.2, -0.15) is 0 Å². The molecule has 92 valence electrons. The molecule has 17 heavy (non-hydrogen) atoms. The Hall–Kier alpha value is -1.26. The highest BCUT2D eigenvalue weighted by atomic mass is 35.5. The molecule has 1 aromatic rings. The fourth-order valence-electron chi connectivity index (χ4n) is 2.08. The molecule has 2 atom stereocenters. The number of benzene rings is 1. The first kappa shape index (κ1) is 12.2. The van der Waals surface area contributed by atoms with Crippen molar-refractivity contribution in [2.45, 2.75) is 25.4 Å². The lowest BCUT2D eigenvalue weighted by Gasteiger charge is -2.15. The maximum Gasteiger partial charge on any atom is 0.230 e. The summed E-state index contributed by atoms with van der Waals surface area (Å²) in [6.07, 6.45) is 1.61. The minimum Gasteiger partial charge on any atom is -0.506 e. The van der Waals surface area contributed by atoms with Gasteiger partial charge < -0.3 is 15.5 Å². The van der Waals surface area contributed by atoms with Crippen LogP contribution in [0, 0.1) is 5.92 Å². The van der Waals surface area contributed by atoms with E-state index in [1.165, 1.54) is 12.1 Å². The van der Waals surface area contributed by atoms with Gasteiger partial charge in [-0.1, -0.05) is 11.6 Å². The number of phenols is 1. The minimum atomic E-state index is -0.579. The third-order valence-electron chi connectivity index (χ3n) is 3.03. The molecule has 0 bridgehead atoms. The molecule has 1 amide bonds. The molecule has 1 aliphatic carbocycles. The lowest BCUT2D eigenvalue weighted by atomic mass is 10.1. The monoisotopic (exact) mass is 255 g/mol. The van der Waals surface area contributed by atoms with Crippen LogP contribution in [-0.2, 0) is 4.79 Å². The summed E-state index contributed by atoms with van der Waals surface area (Å²) in [6, 6.07) is 4.49. The molecule has 1 aromatic carbocycles. The molecular weight excluding hydrogens is 242 g/mol. The van der Waals surface area contributed by atoms with Gasteiger partial charge in [0.05, 0.1) is 17.7 Å². The van der Waals surface area contributed by atoms with Crippen molar-refractivity contribution in [2.24, 2.45) is 5.92 Å². The Morgan fingerprint density at radius 2 is 2.18 bits per heavy atom. The molecule has 0 radical (unpaired) electrons. The van der Waals surface area contributed by atoms with E-state index in [9.17, 15) is 15.0 Å². The third kappa shape index (κ3) is 2.70. The summed E-state index contributed by atoms with van der Waals surface area (Å²) >= 11 is 5.69. The summed E-state index contributed by atoms with van der Waals surface area (Å²) in [7, 11) is 0. The standard InChI is InChI=1S/C12H14ClNO3/c13-7-4-5-9(11(16)6-7)14-12(17)8-2-1-3-10(8)15/h4-6,8,10,15-16H,1-3H2,(H,14,17). The number of anilines is 1. The zero-order chi connectivity index (χ0) is 12.4. The van der Waals surface area contributed by atoms with Gasteiger partial charge in [-0.15, -0.1) is 0 Å². The van der Waals surface area contributed by atoms with Crippen LogP contribution < -0.4 is 5.32 Å². The van der Waals surface area contributed by atoms with Gasteiger partial charge in [0.2, 0.25) is 5.91 Å². The number of amides is 1. The first-order chi connectivity index (χ1) is 8.08. The Kier molecular flexibility index (Phi) is 3.54. The van der Waals surface area contributed by atoms with Gasteiger partial charge in [0, 0.05) is 11.1 Å². The normalized spacial score (nSPS) is 23.6. The maximum absolute atomic E-state index is 11.8. The summed E-state index contributed by atoms with van der Waals surface area (Å²) in [5.41, 5.74) is 0.318. The summed E-state index contributed by atoms with van der Waals surface area (Å²) in [6.45, 7) is 0. The van der Waals surface area contributed by atoms with Crippen molar-refractivity contribution >= 4 is 23.2 Å². The van der Waals surface area contributed by atoms with Crippen molar-refractivity contribution in [3.8, 4) is 5.75 Å². The molecule has 0 spiro atoms. The molecule has 2 rings (SSSR count). The highest BCUT2D eigenvalue weighted by molar-refractivity contribution is 6.30. The first-order valence-electron chi connectivity index (χ1n) is 5.55. The minimum absolute atomic E-state index is 0.0710. The zero-order valence-corrected chi connectivity index (χ0v) is 9.94. The van der Waals surface area contributed by atoms with E-state index in [1.807, 2.05) is 0 Å². The SMILES string of the molecule is O=C(Nc1ccc(Cl)cc1O)C1CCCC1O. The average Bonchev–Trinajstić information content (AvgIpc) is 2.68. The molecule has 1 fully saturated rings. The fraction of sp³-hybridized carbons (Fsp3) is 0.417. The van der Waals surface area contributed by atoms with Crippen LogP contribution in [0.25, 0.3) is 0 Å². The molecule has 2 unspecified atom stereocenters. The maximum atomic E-state index is 11.8. The summed E-state index contributed by atoms with van der Waals surface area (Å²) in [4.78, 5) is 11.8. The Morgan fingerprint density at radius 3 is 2.76 bits per heavy atom. The molecule has 3 N–H and O–H groups in total. The van der Waals surface area contributed by atoms with Gasteiger partial charge in [-0.3, -0.25) is 4.79 Å². The quantitative estimate of drug-likeness (QED) is 0.709. The summed E-state index contributed by atoms with van der Waals surface area (Å²) < 4.78 is 0. The number of phenolic OH excluding ortho intramolecular Hbond substituents is 1. The highest BCUT2D eigenvalue weighted by Gasteiger charge is 2.31. The molecule has 0 aromatic heterocycles. The Bertz CT molecular complexity index is 436. The number of carbonyl (C=O) groups is 1. The van der Waals surface area contributed by atoms with Gasteiger partial charge in [-0.25, -0.2) is 0 Å². The van der Waals surface area contributed by atoms with E-state index in [-0.39, 0.29) is 17.6 Å². The van der Waals surface area contributed by atoms with E-state index in [0.29, 0.717) is 23.6 Å². The fourth-order valence-corrected chi connectivity index (χ4v) is 2.25. The van der Waals surface area contributed by atoms with Crippen molar-refractivity contribution < 1.29 is 15.0 Å². The van der Waals surface area contributed by atoms with E-state index in [2.05, 4.69) is 5.32 Å². The van der Waals surface area contributed by atoms with Gasteiger partial charge in [0.1, 0.15) is 5.75 Å².